The molecule has 1 fully saturated rings. The first-order chi connectivity index (χ1) is 7.29. The van der Waals surface area contributed by atoms with Gasteiger partial charge in [0.15, 0.2) is 0 Å². The monoisotopic (exact) mass is 215 g/mol. The van der Waals surface area contributed by atoms with Gasteiger partial charge in [-0.2, -0.15) is 0 Å². The first kappa shape index (κ1) is 12.9. The van der Waals surface area contributed by atoms with E-state index in [0.717, 1.165) is 45.2 Å². The van der Waals surface area contributed by atoms with Gasteiger partial charge >= 0.3 is 0 Å². The van der Waals surface area contributed by atoms with Crippen LogP contribution in [0.3, 0.4) is 0 Å². The predicted molar refractivity (Wildman–Crippen MR) is 62.1 cm³/mol. The van der Waals surface area contributed by atoms with Crippen LogP contribution in [0, 0.1) is 5.92 Å². The number of piperidine rings is 1. The molecule has 1 atom stereocenters. The van der Waals surface area contributed by atoms with Crippen LogP contribution >= 0.6 is 0 Å². The molecule has 3 nitrogen and oxygen atoms in total. The average molecular weight is 215 g/mol. The smallest absolute Gasteiger partial charge is 0.0704 e. The Labute approximate surface area is 93.5 Å². The van der Waals surface area contributed by atoms with E-state index >= 15 is 0 Å². The molecule has 0 unspecified atom stereocenters. The average Bonchev–Trinajstić information content (AvgIpc) is 2.24. The van der Waals surface area contributed by atoms with Crippen LogP contribution in [0.25, 0.3) is 0 Å². The number of ether oxygens (including phenoxy) is 2. The maximum atomic E-state index is 5.70. The van der Waals surface area contributed by atoms with Gasteiger partial charge in [-0.25, -0.2) is 0 Å². The molecule has 90 valence electrons. The largest absolute Gasteiger partial charge is 0.379 e. The van der Waals surface area contributed by atoms with E-state index in [0.29, 0.717) is 6.10 Å². The van der Waals surface area contributed by atoms with E-state index in [2.05, 4.69) is 19.2 Å². The summed E-state index contributed by atoms with van der Waals surface area (Å²) in [6.07, 6.45) is 3.98. The Balaban J connectivity index is 1.83. The van der Waals surface area contributed by atoms with Crippen LogP contribution in [0.1, 0.15) is 33.1 Å². The van der Waals surface area contributed by atoms with Crippen molar-refractivity contribution >= 4 is 0 Å². The minimum atomic E-state index is 0.410. The molecular formula is C12H25NO2. The summed E-state index contributed by atoms with van der Waals surface area (Å²) in [4.78, 5) is 0. The molecule has 3 heteroatoms. The third-order valence-corrected chi connectivity index (χ3v) is 2.67. The lowest BCUT2D eigenvalue weighted by Gasteiger charge is -2.22. The lowest BCUT2D eigenvalue weighted by molar-refractivity contribution is -0.00587. The summed E-state index contributed by atoms with van der Waals surface area (Å²) in [5, 5.41) is 3.34. The Morgan fingerprint density at radius 1 is 1.27 bits per heavy atom. The maximum absolute atomic E-state index is 5.70. The van der Waals surface area contributed by atoms with Gasteiger partial charge in [0.2, 0.25) is 0 Å². The molecule has 1 heterocycles. The molecule has 1 rings (SSSR count). The highest BCUT2D eigenvalue weighted by molar-refractivity contribution is 4.68. The van der Waals surface area contributed by atoms with E-state index < -0.39 is 0 Å². The summed E-state index contributed by atoms with van der Waals surface area (Å²) in [6, 6.07) is 0. The molecule has 0 amide bonds. The second kappa shape index (κ2) is 8.08. The molecule has 1 saturated heterocycles. The molecule has 1 N–H and O–H groups in total. The molecule has 0 spiro atoms. The van der Waals surface area contributed by atoms with Gasteiger partial charge in [0.05, 0.1) is 19.3 Å². The molecule has 0 aliphatic carbocycles. The first-order valence-corrected chi connectivity index (χ1v) is 6.19. The van der Waals surface area contributed by atoms with Crippen LogP contribution in [-0.2, 0) is 9.47 Å². The lowest BCUT2D eigenvalue weighted by atomic mass is 10.1. The highest BCUT2D eigenvalue weighted by Gasteiger charge is 2.12. The summed E-state index contributed by atoms with van der Waals surface area (Å²) in [7, 11) is 0. The van der Waals surface area contributed by atoms with E-state index in [4.69, 9.17) is 9.47 Å². The van der Waals surface area contributed by atoms with Gasteiger partial charge < -0.3 is 14.8 Å². The zero-order valence-corrected chi connectivity index (χ0v) is 10.1. The Bertz CT molecular complexity index is 145. The van der Waals surface area contributed by atoms with E-state index in [1.807, 2.05) is 0 Å². The van der Waals surface area contributed by atoms with E-state index in [1.54, 1.807) is 0 Å². The van der Waals surface area contributed by atoms with E-state index in [-0.39, 0.29) is 0 Å². The molecule has 1 aliphatic rings. The second-order valence-corrected chi connectivity index (χ2v) is 4.63. The molecule has 0 aromatic carbocycles. The Morgan fingerprint density at radius 2 is 2.13 bits per heavy atom. The highest BCUT2D eigenvalue weighted by Crippen LogP contribution is 2.05. The van der Waals surface area contributed by atoms with Crippen molar-refractivity contribution in [2.75, 3.05) is 32.9 Å². The van der Waals surface area contributed by atoms with Crippen molar-refractivity contribution in [2.45, 2.75) is 39.2 Å². The van der Waals surface area contributed by atoms with Gasteiger partial charge in [0.25, 0.3) is 0 Å². The van der Waals surface area contributed by atoms with Crippen LogP contribution in [0.4, 0.5) is 0 Å². The minimum Gasteiger partial charge on any atom is -0.379 e. The van der Waals surface area contributed by atoms with Gasteiger partial charge in [-0.1, -0.05) is 13.8 Å². The van der Waals surface area contributed by atoms with Crippen molar-refractivity contribution in [3.05, 3.63) is 0 Å². The number of hydrogen-bond acceptors (Lipinski definition) is 3. The molecule has 0 aromatic rings. The van der Waals surface area contributed by atoms with E-state index in [1.165, 1.54) is 12.8 Å². The van der Waals surface area contributed by atoms with Gasteiger partial charge in [-0.05, 0) is 31.7 Å². The zero-order valence-electron chi connectivity index (χ0n) is 10.1. The lowest BCUT2D eigenvalue weighted by Crippen LogP contribution is -2.35. The topological polar surface area (TPSA) is 30.5 Å². The van der Waals surface area contributed by atoms with Crippen molar-refractivity contribution < 1.29 is 9.47 Å². The fraction of sp³-hybridized carbons (Fsp3) is 1.00. The maximum Gasteiger partial charge on any atom is 0.0704 e. The van der Waals surface area contributed by atoms with Crippen molar-refractivity contribution in [3.63, 3.8) is 0 Å². The number of rotatable bonds is 7. The van der Waals surface area contributed by atoms with Gasteiger partial charge in [-0.3, -0.25) is 0 Å². The van der Waals surface area contributed by atoms with Crippen LogP contribution < -0.4 is 5.32 Å². The molecule has 0 saturated carbocycles. The van der Waals surface area contributed by atoms with Gasteiger partial charge in [-0.15, -0.1) is 0 Å². The molecular weight excluding hydrogens is 190 g/mol. The zero-order chi connectivity index (χ0) is 10.9. The van der Waals surface area contributed by atoms with Crippen LogP contribution in [0.15, 0.2) is 0 Å². The molecule has 0 bridgehead atoms. The molecule has 15 heavy (non-hydrogen) atoms. The summed E-state index contributed by atoms with van der Waals surface area (Å²) >= 11 is 0. The Morgan fingerprint density at radius 3 is 2.80 bits per heavy atom. The minimum absolute atomic E-state index is 0.410. The normalized spacial score (nSPS) is 22.2. The molecule has 0 radical (unpaired) electrons. The van der Waals surface area contributed by atoms with Gasteiger partial charge in [0.1, 0.15) is 0 Å². The highest BCUT2D eigenvalue weighted by atomic mass is 16.5. The van der Waals surface area contributed by atoms with E-state index in [9.17, 15) is 0 Å². The Kier molecular flexibility index (Phi) is 6.98. The fourth-order valence-corrected chi connectivity index (χ4v) is 1.66. The van der Waals surface area contributed by atoms with Crippen molar-refractivity contribution in [2.24, 2.45) is 5.92 Å². The van der Waals surface area contributed by atoms with Crippen molar-refractivity contribution in [1.29, 1.82) is 0 Å². The van der Waals surface area contributed by atoms with Crippen LogP contribution in [0.5, 0.6) is 0 Å². The molecule has 1 aliphatic heterocycles. The summed E-state index contributed by atoms with van der Waals surface area (Å²) in [5.41, 5.74) is 0. The molecule has 0 aromatic heterocycles. The number of nitrogens with one attached hydrogen (secondary N) is 1. The van der Waals surface area contributed by atoms with Crippen molar-refractivity contribution in [1.82, 2.24) is 5.32 Å². The fourth-order valence-electron chi connectivity index (χ4n) is 1.66. The second-order valence-electron chi connectivity index (χ2n) is 4.63. The Hall–Kier alpha value is -0.120. The standard InChI is InChI=1S/C12H25NO2/c1-11(2)5-7-14-8-9-15-12-4-3-6-13-10-12/h11-13H,3-10H2,1-2H3/t12-/m0/s1. The number of hydrogen-bond donors (Lipinski definition) is 1. The SMILES string of the molecule is CC(C)CCOCCO[C@H]1CCCNC1. The quantitative estimate of drug-likeness (QED) is 0.657. The predicted octanol–water partition coefficient (Wildman–Crippen LogP) is 1.82. The van der Waals surface area contributed by atoms with Crippen molar-refractivity contribution in [3.8, 4) is 0 Å². The summed E-state index contributed by atoms with van der Waals surface area (Å²) in [6.45, 7) is 8.93. The third-order valence-electron chi connectivity index (χ3n) is 2.67. The summed E-state index contributed by atoms with van der Waals surface area (Å²) < 4.78 is 11.2. The van der Waals surface area contributed by atoms with Crippen LogP contribution in [-0.4, -0.2) is 39.0 Å². The third kappa shape index (κ3) is 6.88. The van der Waals surface area contributed by atoms with Crippen LogP contribution in [0.2, 0.25) is 0 Å². The first-order valence-electron chi connectivity index (χ1n) is 6.19. The van der Waals surface area contributed by atoms with Gasteiger partial charge in [0, 0.05) is 13.2 Å². The summed E-state index contributed by atoms with van der Waals surface area (Å²) in [5.74, 6) is 0.730.